The molecule has 0 saturated carbocycles. The van der Waals surface area contributed by atoms with Crippen LogP contribution in [0.4, 0.5) is 4.79 Å². The molecule has 0 bridgehead atoms. The molecule has 3 atom stereocenters. The first kappa shape index (κ1) is 36.3. The van der Waals surface area contributed by atoms with E-state index in [-0.39, 0.29) is 32.6 Å². The van der Waals surface area contributed by atoms with Gasteiger partial charge in [-0.05, 0) is 79.7 Å². The van der Waals surface area contributed by atoms with Gasteiger partial charge < -0.3 is 24.3 Å². The summed E-state index contributed by atoms with van der Waals surface area (Å²) in [5.74, 6) is -0.628. The number of hydrogen-bond acceptors (Lipinski definition) is 5. The maximum atomic E-state index is 12.9. The Labute approximate surface area is 262 Å². The van der Waals surface area contributed by atoms with Gasteiger partial charge in [-0.1, -0.05) is 90.9 Å². The Morgan fingerprint density at radius 2 is 1.47 bits per heavy atom. The third-order valence-corrected chi connectivity index (χ3v) is 9.42. The average Bonchev–Trinajstić information content (AvgIpc) is 2.88. The van der Waals surface area contributed by atoms with Crippen molar-refractivity contribution in [3.63, 3.8) is 0 Å². The fourth-order valence-electron chi connectivity index (χ4n) is 4.24. The van der Waals surface area contributed by atoms with E-state index >= 15 is 0 Å². The lowest BCUT2D eigenvalue weighted by atomic mass is 9.82. The zero-order valence-corrected chi connectivity index (χ0v) is 28.8. The summed E-state index contributed by atoms with van der Waals surface area (Å²) in [5, 5.41) is 13.2. The molecule has 43 heavy (non-hydrogen) atoms. The summed E-state index contributed by atoms with van der Waals surface area (Å²) in [6.07, 6.45) is 0.181. The van der Waals surface area contributed by atoms with E-state index in [1.807, 2.05) is 75.4 Å². The van der Waals surface area contributed by atoms with Gasteiger partial charge in [-0.15, -0.1) is 0 Å². The number of nitrogens with one attached hydrogen (secondary N) is 1. The molecule has 0 aliphatic heterocycles. The largest absolute Gasteiger partial charge is 0.489 e. The third kappa shape index (κ3) is 13.1. The van der Waals surface area contributed by atoms with Crippen LogP contribution in [0.1, 0.15) is 93.2 Å². The minimum absolute atomic E-state index is 0.0291. The number of amides is 1. The van der Waals surface area contributed by atoms with Gasteiger partial charge in [-0.2, -0.15) is 0 Å². The van der Waals surface area contributed by atoms with Crippen LogP contribution in [0.2, 0.25) is 5.04 Å². The molecular weight excluding hydrogens is 558 g/mol. The van der Waals surface area contributed by atoms with E-state index in [1.54, 1.807) is 0 Å². The Morgan fingerprint density at radius 3 is 1.98 bits per heavy atom. The van der Waals surface area contributed by atoms with Crippen LogP contribution < -0.4 is 10.1 Å². The lowest BCUT2D eigenvalue weighted by Crippen LogP contribution is -2.49. The van der Waals surface area contributed by atoms with Gasteiger partial charge in [0.2, 0.25) is 9.76 Å². The molecule has 2 aromatic rings. The highest BCUT2D eigenvalue weighted by atomic mass is 28.2. The first-order valence-corrected chi connectivity index (χ1v) is 16.2. The number of alkyl carbamates (subject to hydrolysis) is 1. The Balaban J connectivity index is 2.26. The van der Waals surface area contributed by atoms with Crippen LogP contribution in [0.5, 0.6) is 5.75 Å². The molecule has 1 amide bonds. The molecular formula is C35H53NO6Si. The molecule has 0 heterocycles. The maximum Gasteiger partial charge on any atom is 0.407 e. The van der Waals surface area contributed by atoms with Gasteiger partial charge in [0.1, 0.15) is 18.0 Å². The average molecular weight is 612 g/mol. The predicted octanol–water partition coefficient (Wildman–Crippen LogP) is 8.09. The normalized spacial score (nSPS) is 14.6. The van der Waals surface area contributed by atoms with Crippen LogP contribution >= 0.6 is 0 Å². The van der Waals surface area contributed by atoms with E-state index in [1.165, 1.54) is 0 Å². The lowest BCUT2D eigenvalue weighted by Gasteiger charge is -2.40. The van der Waals surface area contributed by atoms with Crippen LogP contribution in [0, 0.1) is 17.3 Å². The molecule has 238 valence electrons. The Bertz CT molecular complexity index is 1140. The zero-order chi connectivity index (χ0) is 32.4. The van der Waals surface area contributed by atoms with Crippen molar-refractivity contribution >= 4 is 21.8 Å². The summed E-state index contributed by atoms with van der Waals surface area (Å²) in [6, 6.07) is 17.1. The molecule has 2 radical (unpaired) electrons. The number of carbonyl (C=O) groups excluding carboxylic acids is 1. The number of rotatable bonds is 15. The summed E-state index contributed by atoms with van der Waals surface area (Å²) in [5.41, 5.74) is 1.30. The van der Waals surface area contributed by atoms with Crippen LogP contribution in [0.3, 0.4) is 0 Å². The molecule has 2 aromatic carbocycles. The molecule has 2 rings (SSSR count). The minimum atomic E-state index is -0.892. The van der Waals surface area contributed by atoms with Crippen LogP contribution in [0.25, 0.3) is 0 Å². The highest BCUT2D eigenvalue weighted by Gasteiger charge is 2.38. The van der Waals surface area contributed by atoms with Crippen LogP contribution in [-0.4, -0.2) is 44.7 Å². The first-order chi connectivity index (χ1) is 19.9. The van der Waals surface area contributed by atoms with Crippen LogP contribution in [0.15, 0.2) is 54.6 Å². The highest BCUT2D eigenvalue weighted by molar-refractivity contribution is 6.32. The van der Waals surface area contributed by atoms with Gasteiger partial charge in [0.15, 0.2) is 0 Å². The molecule has 8 heteroatoms. The number of aliphatic carboxylic acids is 1. The van der Waals surface area contributed by atoms with Crippen molar-refractivity contribution in [2.75, 3.05) is 0 Å². The van der Waals surface area contributed by atoms with E-state index in [4.69, 9.17) is 13.9 Å². The molecule has 0 aromatic heterocycles. The molecule has 0 saturated heterocycles. The van der Waals surface area contributed by atoms with Crippen LogP contribution in [-0.2, 0) is 27.0 Å². The van der Waals surface area contributed by atoms with Gasteiger partial charge in [-0.3, -0.25) is 4.79 Å². The topological polar surface area (TPSA) is 94.1 Å². The van der Waals surface area contributed by atoms with E-state index in [9.17, 15) is 14.7 Å². The number of hydrogen-bond donors (Lipinski definition) is 2. The van der Waals surface area contributed by atoms with Crippen molar-refractivity contribution in [2.24, 2.45) is 17.3 Å². The maximum absolute atomic E-state index is 12.9. The van der Waals surface area contributed by atoms with E-state index < -0.39 is 35.7 Å². The third-order valence-electron chi connectivity index (χ3n) is 7.74. The quantitative estimate of drug-likeness (QED) is 0.198. The molecule has 0 spiro atoms. The minimum Gasteiger partial charge on any atom is -0.489 e. The summed E-state index contributed by atoms with van der Waals surface area (Å²) < 4.78 is 18.1. The van der Waals surface area contributed by atoms with Gasteiger partial charge in [-0.25, -0.2) is 4.79 Å². The van der Waals surface area contributed by atoms with Gasteiger partial charge in [0, 0.05) is 0 Å². The zero-order valence-electron chi connectivity index (χ0n) is 27.8. The Hall–Kier alpha value is -2.84. The van der Waals surface area contributed by atoms with Crippen molar-refractivity contribution in [1.82, 2.24) is 5.32 Å². The molecule has 0 aliphatic carbocycles. The molecule has 0 fully saturated rings. The lowest BCUT2D eigenvalue weighted by molar-refractivity contribution is -0.142. The molecule has 7 nitrogen and oxygen atoms in total. The highest BCUT2D eigenvalue weighted by Crippen LogP contribution is 2.44. The van der Waals surface area contributed by atoms with Crippen molar-refractivity contribution in [3.05, 3.63) is 65.7 Å². The number of benzene rings is 2. The van der Waals surface area contributed by atoms with Crippen molar-refractivity contribution in [1.29, 1.82) is 0 Å². The second-order valence-electron chi connectivity index (χ2n) is 14.4. The van der Waals surface area contributed by atoms with Gasteiger partial charge in [0.25, 0.3) is 0 Å². The predicted molar refractivity (Wildman–Crippen MR) is 173 cm³/mol. The second kappa shape index (κ2) is 15.8. The number of carbonyl (C=O) groups is 2. The monoisotopic (exact) mass is 611 g/mol. The second-order valence-corrected chi connectivity index (χ2v) is 16.1. The summed E-state index contributed by atoms with van der Waals surface area (Å²) in [6.45, 7) is 21.0. The van der Waals surface area contributed by atoms with E-state index in [0.29, 0.717) is 19.4 Å². The number of carboxylic acid groups (broad SMARTS) is 1. The number of carboxylic acids is 1. The van der Waals surface area contributed by atoms with Gasteiger partial charge in [0.05, 0.1) is 18.1 Å². The molecule has 0 aliphatic rings. The Kier molecular flexibility index (Phi) is 13.3. The fraction of sp³-hybridized carbons (Fsp3) is 0.600. The number of ether oxygens (including phenoxy) is 2. The summed E-state index contributed by atoms with van der Waals surface area (Å²) in [7, 11) is 0.112. The summed E-state index contributed by atoms with van der Waals surface area (Å²) in [4.78, 5) is 25.5. The van der Waals surface area contributed by atoms with Gasteiger partial charge >= 0.3 is 12.1 Å². The SMILES string of the molecule is CC(C)C[C@H](NC(=O)OC(C)(C)C)[C@H](C[C@@H](Cc1ccc(OCc2ccccc2)cc1)C(=O)O)O[Si]C(C)(C)C(C)(C)C. The molecule has 0 unspecified atom stereocenters. The standard InChI is InChI=1S/C35H53NO6Si/c1-24(2)20-29(36-32(39)41-34(6,7)8)30(42-43-35(9,10)33(3,4)5)22-27(31(37)38)21-25-16-18-28(19-17-25)40-23-26-14-12-11-13-15-26/h11-19,24,27,29-30H,20-23H2,1-10H3,(H,36,39)(H,37,38)/t27-,29+,30+/m1/s1. The van der Waals surface area contributed by atoms with E-state index in [2.05, 4.69) is 53.8 Å². The Morgan fingerprint density at radius 1 is 0.860 bits per heavy atom. The van der Waals surface area contributed by atoms with Crippen molar-refractivity contribution in [3.8, 4) is 5.75 Å². The first-order valence-electron chi connectivity index (χ1n) is 15.3. The smallest absolute Gasteiger partial charge is 0.407 e. The summed E-state index contributed by atoms with van der Waals surface area (Å²) >= 11 is 0. The fourth-order valence-corrected chi connectivity index (χ4v) is 5.25. The van der Waals surface area contributed by atoms with Crippen molar-refractivity contribution in [2.45, 2.75) is 118 Å². The van der Waals surface area contributed by atoms with Crippen molar-refractivity contribution < 1.29 is 28.6 Å². The molecule has 2 N–H and O–H groups in total. The van der Waals surface area contributed by atoms with E-state index in [0.717, 1.165) is 16.9 Å².